The second kappa shape index (κ2) is 7.68. The fourth-order valence-corrected chi connectivity index (χ4v) is 3.68. The van der Waals surface area contributed by atoms with E-state index in [9.17, 15) is 0 Å². The minimum Gasteiger partial charge on any atom is -0.496 e. The molecule has 0 bridgehead atoms. The number of rotatable bonds is 6. The van der Waals surface area contributed by atoms with Crippen LogP contribution in [0.2, 0.25) is 0 Å². The number of benzene rings is 1. The summed E-state index contributed by atoms with van der Waals surface area (Å²) in [4.78, 5) is 0. The van der Waals surface area contributed by atoms with E-state index in [1.807, 2.05) is 0 Å². The molecular formula is C18H29NO. The predicted molar refractivity (Wildman–Crippen MR) is 85.2 cm³/mol. The highest BCUT2D eigenvalue weighted by Gasteiger charge is 2.29. The topological polar surface area (TPSA) is 21.3 Å². The molecule has 20 heavy (non-hydrogen) atoms. The van der Waals surface area contributed by atoms with Gasteiger partial charge < -0.3 is 10.1 Å². The molecule has 3 unspecified atom stereocenters. The Hall–Kier alpha value is -1.02. The molecule has 0 amide bonds. The maximum atomic E-state index is 5.58. The second-order valence-electron chi connectivity index (χ2n) is 5.98. The molecule has 1 saturated carbocycles. The van der Waals surface area contributed by atoms with Crippen molar-refractivity contribution in [3.05, 3.63) is 29.8 Å². The zero-order chi connectivity index (χ0) is 14.4. The molecule has 2 nitrogen and oxygen atoms in total. The van der Waals surface area contributed by atoms with Crippen molar-refractivity contribution in [2.24, 2.45) is 11.8 Å². The summed E-state index contributed by atoms with van der Waals surface area (Å²) < 4.78 is 5.58. The maximum absolute atomic E-state index is 5.58. The van der Waals surface area contributed by atoms with Crippen LogP contribution in [0.25, 0.3) is 0 Å². The van der Waals surface area contributed by atoms with Crippen LogP contribution in [0.1, 0.15) is 57.6 Å². The Morgan fingerprint density at radius 1 is 1.25 bits per heavy atom. The van der Waals surface area contributed by atoms with Crippen LogP contribution in [-0.4, -0.2) is 13.7 Å². The molecule has 0 aliphatic heterocycles. The summed E-state index contributed by atoms with van der Waals surface area (Å²) in [6.45, 7) is 5.54. The zero-order valence-corrected chi connectivity index (χ0v) is 13.2. The van der Waals surface area contributed by atoms with Crippen molar-refractivity contribution in [2.45, 2.75) is 52.0 Å². The minimum absolute atomic E-state index is 0.436. The second-order valence-corrected chi connectivity index (χ2v) is 5.98. The Morgan fingerprint density at radius 3 is 2.75 bits per heavy atom. The number of ether oxygens (including phenoxy) is 1. The summed E-state index contributed by atoms with van der Waals surface area (Å²) in [6, 6.07) is 8.93. The van der Waals surface area contributed by atoms with Gasteiger partial charge in [0.05, 0.1) is 7.11 Å². The van der Waals surface area contributed by atoms with Crippen LogP contribution in [0.4, 0.5) is 0 Å². The zero-order valence-electron chi connectivity index (χ0n) is 13.2. The Bertz CT molecular complexity index is 404. The van der Waals surface area contributed by atoms with Crippen LogP contribution < -0.4 is 10.1 Å². The third kappa shape index (κ3) is 3.54. The molecule has 3 atom stereocenters. The van der Waals surface area contributed by atoms with Crippen LogP contribution in [-0.2, 0) is 0 Å². The number of hydrogen-bond acceptors (Lipinski definition) is 2. The highest BCUT2D eigenvalue weighted by atomic mass is 16.5. The minimum atomic E-state index is 0.436. The molecule has 1 aliphatic rings. The van der Waals surface area contributed by atoms with Gasteiger partial charge in [0.25, 0.3) is 0 Å². The number of nitrogens with one attached hydrogen (secondary N) is 1. The number of methoxy groups -OCH3 is 1. The van der Waals surface area contributed by atoms with Crippen LogP contribution in [0.15, 0.2) is 24.3 Å². The van der Waals surface area contributed by atoms with Crippen molar-refractivity contribution < 1.29 is 4.74 Å². The highest BCUT2D eigenvalue weighted by molar-refractivity contribution is 5.36. The summed E-state index contributed by atoms with van der Waals surface area (Å²) in [7, 11) is 1.78. The Balaban J connectivity index is 2.21. The molecule has 1 aliphatic carbocycles. The van der Waals surface area contributed by atoms with Gasteiger partial charge in [0.1, 0.15) is 5.75 Å². The molecule has 1 aromatic carbocycles. The van der Waals surface area contributed by atoms with Gasteiger partial charge in [-0.2, -0.15) is 0 Å². The largest absolute Gasteiger partial charge is 0.496 e. The lowest BCUT2D eigenvalue weighted by Gasteiger charge is -2.35. The van der Waals surface area contributed by atoms with Gasteiger partial charge in [-0.15, -0.1) is 0 Å². The van der Waals surface area contributed by atoms with E-state index in [0.717, 1.165) is 24.1 Å². The standard InChI is InChI=1S/C18H29NO/c1-4-14-9-8-10-15(13-14)18(19-5-2)16-11-6-7-12-17(16)20-3/h6-7,11-12,14-15,18-19H,4-5,8-10,13H2,1-3H3. The molecule has 2 heteroatoms. The monoisotopic (exact) mass is 275 g/mol. The molecule has 0 aromatic heterocycles. The Kier molecular flexibility index (Phi) is 5.90. The Labute approximate surface area is 123 Å². The van der Waals surface area contributed by atoms with E-state index in [2.05, 4.69) is 43.4 Å². The van der Waals surface area contributed by atoms with Gasteiger partial charge in [0, 0.05) is 11.6 Å². The molecule has 1 fully saturated rings. The predicted octanol–water partition coefficient (Wildman–Crippen LogP) is 4.56. The van der Waals surface area contributed by atoms with Crippen LogP contribution in [0, 0.1) is 11.8 Å². The highest BCUT2D eigenvalue weighted by Crippen LogP contribution is 2.40. The van der Waals surface area contributed by atoms with Crippen molar-refractivity contribution >= 4 is 0 Å². The average molecular weight is 275 g/mol. The van der Waals surface area contributed by atoms with E-state index in [4.69, 9.17) is 4.74 Å². The third-order valence-electron chi connectivity index (χ3n) is 4.77. The quantitative estimate of drug-likeness (QED) is 0.821. The van der Waals surface area contributed by atoms with E-state index in [1.165, 1.54) is 37.7 Å². The molecule has 1 N–H and O–H groups in total. The van der Waals surface area contributed by atoms with Crippen LogP contribution in [0.5, 0.6) is 5.75 Å². The van der Waals surface area contributed by atoms with Crippen LogP contribution >= 0.6 is 0 Å². The van der Waals surface area contributed by atoms with E-state index in [0.29, 0.717) is 6.04 Å². The average Bonchev–Trinajstić information content (AvgIpc) is 2.52. The van der Waals surface area contributed by atoms with Gasteiger partial charge in [-0.25, -0.2) is 0 Å². The van der Waals surface area contributed by atoms with Crippen LogP contribution in [0.3, 0.4) is 0 Å². The molecule has 0 spiro atoms. The Morgan fingerprint density at radius 2 is 2.05 bits per heavy atom. The lowest BCUT2D eigenvalue weighted by atomic mass is 9.75. The normalized spacial score (nSPS) is 24.4. The fourth-order valence-electron chi connectivity index (χ4n) is 3.68. The molecule has 2 rings (SSSR count). The first-order valence-corrected chi connectivity index (χ1v) is 8.16. The van der Waals surface area contributed by atoms with Crippen molar-refractivity contribution in [1.82, 2.24) is 5.32 Å². The van der Waals surface area contributed by atoms with Crippen molar-refractivity contribution in [3.8, 4) is 5.75 Å². The number of para-hydroxylation sites is 1. The van der Waals surface area contributed by atoms with Gasteiger partial charge in [0.15, 0.2) is 0 Å². The van der Waals surface area contributed by atoms with E-state index in [1.54, 1.807) is 7.11 Å². The lowest BCUT2D eigenvalue weighted by Crippen LogP contribution is -2.31. The fraction of sp³-hybridized carbons (Fsp3) is 0.667. The van der Waals surface area contributed by atoms with Gasteiger partial charge in [-0.1, -0.05) is 51.3 Å². The van der Waals surface area contributed by atoms with E-state index < -0.39 is 0 Å². The summed E-state index contributed by atoms with van der Waals surface area (Å²) >= 11 is 0. The SMILES string of the molecule is CCNC(c1ccccc1OC)C1CCCC(CC)C1. The maximum Gasteiger partial charge on any atom is 0.123 e. The first-order valence-electron chi connectivity index (χ1n) is 8.16. The first-order chi connectivity index (χ1) is 9.80. The lowest BCUT2D eigenvalue weighted by molar-refractivity contribution is 0.208. The molecule has 0 heterocycles. The molecule has 0 saturated heterocycles. The smallest absolute Gasteiger partial charge is 0.123 e. The van der Waals surface area contributed by atoms with E-state index in [-0.39, 0.29) is 0 Å². The first kappa shape index (κ1) is 15.4. The summed E-state index contributed by atoms with van der Waals surface area (Å²) in [5.74, 6) is 2.67. The van der Waals surface area contributed by atoms with Gasteiger partial charge >= 0.3 is 0 Å². The summed E-state index contributed by atoms with van der Waals surface area (Å²) in [6.07, 6.45) is 6.80. The van der Waals surface area contributed by atoms with Crippen molar-refractivity contribution in [2.75, 3.05) is 13.7 Å². The van der Waals surface area contributed by atoms with Gasteiger partial charge in [-0.05, 0) is 37.3 Å². The van der Waals surface area contributed by atoms with E-state index >= 15 is 0 Å². The van der Waals surface area contributed by atoms with Gasteiger partial charge in [0.2, 0.25) is 0 Å². The molecule has 1 aromatic rings. The summed E-state index contributed by atoms with van der Waals surface area (Å²) in [5.41, 5.74) is 1.33. The van der Waals surface area contributed by atoms with Gasteiger partial charge in [-0.3, -0.25) is 0 Å². The third-order valence-corrected chi connectivity index (χ3v) is 4.77. The molecular weight excluding hydrogens is 246 g/mol. The molecule has 0 radical (unpaired) electrons. The molecule has 112 valence electrons. The van der Waals surface area contributed by atoms with Crippen molar-refractivity contribution in [1.29, 1.82) is 0 Å². The van der Waals surface area contributed by atoms with Crippen molar-refractivity contribution in [3.63, 3.8) is 0 Å². The number of hydrogen-bond donors (Lipinski definition) is 1. The summed E-state index contributed by atoms with van der Waals surface area (Å²) in [5, 5.41) is 3.71.